The molecule has 1 aliphatic carbocycles. The Labute approximate surface area is 275 Å². The van der Waals surface area contributed by atoms with E-state index in [4.69, 9.17) is 33.7 Å². The first kappa shape index (κ1) is 35.1. The van der Waals surface area contributed by atoms with E-state index < -0.39 is 41.6 Å². The summed E-state index contributed by atoms with van der Waals surface area (Å²) in [7, 11) is 0. The van der Waals surface area contributed by atoms with Crippen LogP contribution in [0.25, 0.3) is 0 Å². The minimum absolute atomic E-state index is 0.0214. The molecule has 0 bridgehead atoms. The summed E-state index contributed by atoms with van der Waals surface area (Å²) in [6, 6.07) is 3.95. The van der Waals surface area contributed by atoms with E-state index in [0.29, 0.717) is 48.4 Å². The van der Waals surface area contributed by atoms with Crippen LogP contribution in [0.1, 0.15) is 72.3 Å². The molecule has 4 rings (SSSR count). The number of alkyl halides is 1. The van der Waals surface area contributed by atoms with E-state index in [9.17, 15) is 18.8 Å². The number of nitrogens with one attached hydrogen (secondary N) is 3. The van der Waals surface area contributed by atoms with E-state index in [1.165, 1.54) is 6.08 Å². The van der Waals surface area contributed by atoms with Gasteiger partial charge in [0, 0.05) is 33.7 Å². The van der Waals surface area contributed by atoms with Crippen molar-refractivity contribution in [3.05, 3.63) is 64.2 Å². The number of anilines is 1. The van der Waals surface area contributed by atoms with Crippen LogP contribution in [-0.2, 0) is 24.5 Å². The number of benzene rings is 1. The maximum atomic E-state index is 14.2. The topological polar surface area (TPSA) is 123 Å². The van der Waals surface area contributed by atoms with Gasteiger partial charge in [-0.1, -0.05) is 68.8 Å². The van der Waals surface area contributed by atoms with E-state index in [1.54, 1.807) is 38.1 Å². The summed E-state index contributed by atoms with van der Waals surface area (Å²) in [6.45, 7) is 13.0. The first-order valence-electron chi connectivity index (χ1n) is 15.4. The molecule has 0 aromatic heterocycles. The Morgan fingerprint density at radius 3 is 2.47 bits per heavy atom. The van der Waals surface area contributed by atoms with Crippen LogP contribution >= 0.6 is 23.2 Å². The molecule has 1 saturated carbocycles. The fourth-order valence-corrected chi connectivity index (χ4v) is 7.06. The van der Waals surface area contributed by atoms with Crippen LogP contribution in [0.2, 0.25) is 5.02 Å². The molecule has 1 spiro atoms. The summed E-state index contributed by atoms with van der Waals surface area (Å²) in [5, 5.41) is 10.3. The number of esters is 1. The van der Waals surface area contributed by atoms with Crippen LogP contribution in [0.15, 0.2) is 53.6 Å². The zero-order valence-electron chi connectivity index (χ0n) is 26.6. The lowest BCUT2D eigenvalue weighted by atomic mass is 9.62. The minimum atomic E-state index is -1.18. The third-order valence-electron chi connectivity index (χ3n) is 8.84. The highest BCUT2D eigenvalue weighted by Gasteiger charge is 2.65. The summed E-state index contributed by atoms with van der Waals surface area (Å²) in [5.41, 5.74) is 5.31. The van der Waals surface area contributed by atoms with Crippen LogP contribution in [0, 0.1) is 11.3 Å². The smallest absolute Gasteiger partial charge is 0.325 e. The van der Waals surface area contributed by atoms with Gasteiger partial charge in [0.15, 0.2) is 0 Å². The first-order chi connectivity index (χ1) is 21.0. The zero-order valence-corrected chi connectivity index (χ0v) is 28.2. The highest BCUT2D eigenvalue weighted by Crippen LogP contribution is 2.55. The van der Waals surface area contributed by atoms with Crippen molar-refractivity contribution in [1.29, 1.82) is 0 Å². The molecule has 8 nitrogen and oxygen atoms in total. The Morgan fingerprint density at radius 1 is 1.20 bits per heavy atom. The third-order valence-corrected chi connectivity index (χ3v) is 9.30. The third kappa shape index (κ3) is 7.64. The van der Waals surface area contributed by atoms with Crippen molar-refractivity contribution in [2.45, 2.75) is 102 Å². The van der Waals surface area contributed by atoms with Gasteiger partial charge in [0.2, 0.25) is 11.8 Å². The van der Waals surface area contributed by atoms with Crippen molar-refractivity contribution < 1.29 is 23.5 Å². The number of carbonyl (C=O) groups excluding carboxylic acids is 3. The van der Waals surface area contributed by atoms with Gasteiger partial charge in [0.25, 0.3) is 0 Å². The molecule has 0 unspecified atom stereocenters. The Morgan fingerprint density at radius 2 is 1.87 bits per heavy atom. The standard InChI is InChI=1S/C34H45Cl2FN4O4/c1-19(8-7-9-21(36)18-37)27-28(29(42)39-22-11-13-23(14-12-22)45-31(44)33(5,6)38)41-26(17-32(2,3)4)34(27)24-15-10-20(35)16-25(24)40-30(34)43/h7-10,15-16,22-23,26-28,41H,1,11-14,17-18,38H2,2-6H3,(H,39,42)(H,40,43)/b8-7-,21-9+/t22?,23?,26-,27+,28-,34+/m1/s1. The molecule has 2 aliphatic heterocycles. The Kier molecular flexibility index (Phi) is 10.6. The number of rotatable bonds is 9. The normalized spacial score (nSPS) is 28.7. The lowest BCUT2D eigenvalue weighted by Gasteiger charge is -2.38. The quantitative estimate of drug-likeness (QED) is 0.195. The van der Waals surface area contributed by atoms with E-state index in [-0.39, 0.29) is 34.4 Å². The van der Waals surface area contributed by atoms with E-state index in [0.717, 1.165) is 5.56 Å². The highest BCUT2D eigenvalue weighted by atomic mass is 35.5. The number of hydrogen-bond acceptors (Lipinski definition) is 6. The molecule has 246 valence electrons. The largest absolute Gasteiger partial charge is 0.461 e. The van der Waals surface area contributed by atoms with Crippen LogP contribution in [0.5, 0.6) is 0 Å². The fourth-order valence-electron chi connectivity index (χ4n) is 6.82. The average molecular weight is 664 g/mol. The Bertz CT molecular complexity index is 1390. The van der Waals surface area contributed by atoms with Crippen molar-refractivity contribution in [3.8, 4) is 0 Å². The number of ether oxygens (including phenoxy) is 1. The van der Waals surface area contributed by atoms with E-state index in [2.05, 4.69) is 43.3 Å². The van der Waals surface area contributed by atoms with Crippen LogP contribution in [0.3, 0.4) is 0 Å². The maximum Gasteiger partial charge on any atom is 0.325 e. The molecule has 5 N–H and O–H groups in total. The number of hydrogen-bond donors (Lipinski definition) is 4. The van der Waals surface area contributed by atoms with Gasteiger partial charge in [-0.05, 0) is 80.7 Å². The van der Waals surface area contributed by atoms with Gasteiger partial charge in [-0.2, -0.15) is 0 Å². The summed E-state index contributed by atoms with van der Waals surface area (Å²) in [6.07, 6.45) is 7.47. The molecule has 2 fully saturated rings. The molecular formula is C34H45Cl2FN4O4. The van der Waals surface area contributed by atoms with Crippen LogP contribution in [0.4, 0.5) is 10.1 Å². The molecule has 2 heterocycles. The van der Waals surface area contributed by atoms with Crippen molar-refractivity contribution >= 4 is 46.7 Å². The molecule has 4 atom stereocenters. The maximum absolute atomic E-state index is 14.2. The number of carbonyl (C=O) groups is 3. The first-order valence-corrected chi connectivity index (χ1v) is 16.2. The molecule has 11 heteroatoms. The van der Waals surface area contributed by atoms with Crippen molar-refractivity contribution in [2.24, 2.45) is 17.1 Å². The second kappa shape index (κ2) is 13.6. The second-order valence-corrected chi connectivity index (χ2v) is 15.2. The SMILES string of the molecule is C=C(/C=C\C=C(\Cl)CF)[C@H]1[C@H](C(=O)NC2CCC(OC(=O)C(C)(C)N)CC2)N[C@H](CC(C)(C)C)[C@]12C(=O)Nc1cc(Cl)ccc12. The van der Waals surface area contributed by atoms with Crippen molar-refractivity contribution in [2.75, 3.05) is 12.0 Å². The van der Waals surface area contributed by atoms with Gasteiger partial charge in [0.05, 0.1) is 6.04 Å². The monoisotopic (exact) mass is 662 g/mol. The van der Waals surface area contributed by atoms with Gasteiger partial charge in [0.1, 0.15) is 23.7 Å². The van der Waals surface area contributed by atoms with Gasteiger partial charge >= 0.3 is 5.97 Å². The number of nitrogens with two attached hydrogens (primary N) is 1. The average Bonchev–Trinajstić information content (AvgIpc) is 3.42. The number of halogens is 3. The molecule has 1 saturated heterocycles. The van der Waals surface area contributed by atoms with Gasteiger partial charge in [-0.3, -0.25) is 14.4 Å². The highest BCUT2D eigenvalue weighted by molar-refractivity contribution is 6.31. The summed E-state index contributed by atoms with van der Waals surface area (Å²) >= 11 is 12.2. The number of fused-ring (bicyclic) bond motifs is 2. The molecule has 45 heavy (non-hydrogen) atoms. The summed E-state index contributed by atoms with van der Waals surface area (Å²) < 4.78 is 18.6. The number of amides is 2. The van der Waals surface area contributed by atoms with Crippen LogP contribution in [-0.4, -0.2) is 54.2 Å². The lowest BCUT2D eigenvalue weighted by Crippen LogP contribution is -2.51. The number of allylic oxidation sites excluding steroid dienone is 4. The zero-order chi connectivity index (χ0) is 33.3. The Balaban J connectivity index is 1.67. The van der Waals surface area contributed by atoms with Crippen molar-refractivity contribution in [1.82, 2.24) is 10.6 Å². The second-order valence-electron chi connectivity index (χ2n) is 14.2. The van der Waals surface area contributed by atoms with Crippen LogP contribution < -0.4 is 21.7 Å². The Hall–Kier alpha value is -2.72. The van der Waals surface area contributed by atoms with Gasteiger partial charge in [-0.15, -0.1) is 0 Å². The minimum Gasteiger partial charge on any atom is -0.461 e. The molecule has 3 aliphatic rings. The van der Waals surface area contributed by atoms with E-state index >= 15 is 0 Å². The van der Waals surface area contributed by atoms with Gasteiger partial charge < -0.3 is 26.4 Å². The predicted molar refractivity (Wildman–Crippen MR) is 177 cm³/mol. The van der Waals surface area contributed by atoms with Crippen molar-refractivity contribution in [3.63, 3.8) is 0 Å². The fraction of sp³-hybridized carbons (Fsp3) is 0.559. The summed E-state index contributed by atoms with van der Waals surface area (Å²) in [5.74, 6) is -1.63. The molecular weight excluding hydrogens is 618 g/mol. The molecule has 1 aromatic rings. The van der Waals surface area contributed by atoms with Gasteiger partial charge in [-0.25, -0.2) is 4.39 Å². The predicted octanol–water partition coefficient (Wildman–Crippen LogP) is 5.84. The molecule has 2 amide bonds. The lowest BCUT2D eigenvalue weighted by molar-refractivity contribution is -0.156. The molecule has 1 aromatic carbocycles. The van der Waals surface area contributed by atoms with E-state index in [1.807, 2.05) is 6.07 Å². The summed E-state index contributed by atoms with van der Waals surface area (Å²) in [4.78, 5) is 40.7. The molecule has 0 radical (unpaired) electrons.